The van der Waals surface area contributed by atoms with Crippen molar-refractivity contribution in [3.8, 4) is 0 Å². The highest BCUT2D eigenvalue weighted by molar-refractivity contribution is 5.94. The monoisotopic (exact) mass is 262 g/mol. The quantitative estimate of drug-likeness (QED) is 0.864. The summed E-state index contributed by atoms with van der Waals surface area (Å²) in [6, 6.07) is 8.06. The van der Waals surface area contributed by atoms with Gasteiger partial charge in [0.25, 0.3) is 5.91 Å². The molecule has 0 saturated heterocycles. The number of benzene rings is 1. The Labute approximate surface area is 109 Å². The molecule has 0 aliphatic carbocycles. The van der Waals surface area contributed by atoms with Gasteiger partial charge >= 0.3 is 0 Å². The van der Waals surface area contributed by atoms with Crippen molar-refractivity contribution in [3.63, 3.8) is 0 Å². The second-order valence-electron chi connectivity index (χ2n) is 4.12. The Bertz CT molecular complexity index is 567. The molecule has 1 heterocycles. The lowest BCUT2D eigenvalue weighted by Gasteiger charge is -2.14. The van der Waals surface area contributed by atoms with E-state index in [0.717, 1.165) is 11.6 Å². The maximum absolute atomic E-state index is 12.8. The molecular weight excluding hydrogens is 250 g/mol. The summed E-state index contributed by atoms with van der Waals surface area (Å²) in [6.45, 7) is 1.78. The molecule has 0 bridgehead atoms. The first-order valence-corrected chi connectivity index (χ1v) is 5.74. The number of hydrogen-bond donors (Lipinski definition) is 1. The van der Waals surface area contributed by atoms with Gasteiger partial charge in [-0.15, -0.1) is 0 Å². The maximum Gasteiger partial charge on any atom is 0.253 e. The first-order valence-electron chi connectivity index (χ1n) is 5.74. The van der Waals surface area contributed by atoms with Gasteiger partial charge in [0.1, 0.15) is 5.82 Å². The fourth-order valence-electron chi connectivity index (χ4n) is 1.62. The maximum atomic E-state index is 12.8. The van der Waals surface area contributed by atoms with Crippen LogP contribution in [0, 0.1) is 11.8 Å². The Morgan fingerprint density at radius 3 is 2.42 bits per heavy atom. The van der Waals surface area contributed by atoms with Crippen LogP contribution in [0.2, 0.25) is 0 Å². The van der Waals surface area contributed by atoms with Crippen LogP contribution >= 0.6 is 0 Å². The summed E-state index contributed by atoms with van der Waals surface area (Å²) in [7, 11) is 0. The number of pyridine rings is 1. The van der Waals surface area contributed by atoms with E-state index in [-0.39, 0.29) is 23.3 Å². The Kier molecular flexibility index (Phi) is 3.85. The number of carbonyl (C=O) groups is 1. The second kappa shape index (κ2) is 5.56. The summed E-state index contributed by atoms with van der Waals surface area (Å²) in [6.07, 6.45) is 1.17. The van der Waals surface area contributed by atoms with Gasteiger partial charge in [0.05, 0.1) is 11.6 Å². The average molecular weight is 262 g/mol. The molecule has 98 valence electrons. The van der Waals surface area contributed by atoms with Crippen LogP contribution in [0.15, 0.2) is 42.6 Å². The van der Waals surface area contributed by atoms with Crippen LogP contribution in [-0.4, -0.2) is 10.9 Å². The third kappa shape index (κ3) is 3.34. The van der Waals surface area contributed by atoms with Crippen molar-refractivity contribution in [3.05, 3.63) is 65.5 Å². The van der Waals surface area contributed by atoms with Gasteiger partial charge < -0.3 is 5.32 Å². The minimum absolute atomic E-state index is 0.273. The lowest BCUT2D eigenvalue weighted by Crippen LogP contribution is -2.26. The molecule has 0 fully saturated rings. The molecule has 1 atom stereocenters. The molecule has 19 heavy (non-hydrogen) atoms. The molecule has 0 radical (unpaired) electrons. The van der Waals surface area contributed by atoms with Crippen LogP contribution < -0.4 is 5.32 Å². The van der Waals surface area contributed by atoms with E-state index in [2.05, 4.69) is 10.3 Å². The fraction of sp³-hybridized carbons (Fsp3) is 0.143. The van der Waals surface area contributed by atoms with E-state index in [0.29, 0.717) is 0 Å². The third-order valence-electron chi connectivity index (χ3n) is 2.71. The number of aromatic nitrogens is 1. The number of halogens is 2. The Morgan fingerprint density at radius 1 is 1.16 bits per heavy atom. The first-order chi connectivity index (χ1) is 9.06. The summed E-state index contributed by atoms with van der Waals surface area (Å²) >= 11 is 0. The Balaban J connectivity index is 2.06. The van der Waals surface area contributed by atoms with Gasteiger partial charge in [0, 0.05) is 6.20 Å². The van der Waals surface area contributed by atoms with Gasteiger partial charge in [-0.2, -0.15) is 4.39 Å². The van der Waals surface area contributed by atoms with Crippen LogP contribution in [0.4, 0.5) is 8.78 Å². The lowest BCUT2D eigenvalue weighted by molar-refractivity contribution is 0.0939. The molecule has 0 aliphatic heterocycles. The molecule has 3 nitrogen and oxygen atoms in total. The molecule has 1 aromatic heterocycles. The van der Waals surface area contributed by atoms with Gasteiger partial charge in [-0.3, -0.25) is 4.79 Å². The van der Waals surface area contributed by atoms with Crippen LogP contribution in [0.25, 0.3) is 0 Å². The summed E-state index contributed by atoms with van der Waals surface area (Å²) in [5.41, 5.74) is 1.06. The highest BCUT2D eigenvalue weighted by Gasteiger charge is 2.11. The van der Waals surface area contributed by atoms with Crippen molar-refractivity contribution < 1.29 is 13.6 Å². The molecule has 0 saturated carbocycles. The molecule has 0 spiro atoms. The fourth-order valence-corrected chi connectivity index (χ4v) is 1.62. The zero-order chi connectivity index (χ0) is 13.8. The van der Waals surface area contributed by atoms with Gasteiger partial charge in [0.15, 0.2) is 0 Å². The SMILES string of the molecule is CC(NC(=O)c1ccc(F)nc1)c1ccc(F)cc1. The number of nitrogens with one attached hydrogen (secondary N) is 1. The van der Waals surface area contributed by atoms with Gasteiger partial charge in [0.2, 0.25) is 5.95 Å². The summed E-state index contributed by atoms with van der Waals surface area (Å²) in [5.74, 6) is -1.32. The van der Waals surface area contributed by atoms with E-state index >= 15 is 0 Å². The zero-order valence-electron chi connectivity index (χ0n) is 10.2. The van der Waals surface area contributed by atoms with Gasteiger partial charge in [-0.25, -0.2) is 9.37 Å². The highest BCUT2D eigenvalue weighted by Crippen LogP contribution is 2.13. The largest absolute Gasteiger partial charge is 0.345 e. The predicted molar refractivity (Wildman–Crippen MR) is 66.5 cm³/mol. The number of hydrogen-bond acceptors (Lipinski definition) is 2. The van der Waals surface area contributed by atoms with Crippen LogP contribution in [0.3, 0.4) is 0 Å². The summed E-state index contributed by atoms with van der Waals surface area (Å²) in [4.78, 5) is 15.3. The molecule has 0 aliphatic rings. The standard InChI is InChI=1S/C14H12F2N2O/c1-9(10-2-5-12(15)6-3-10)18-14(19)11-4-7-13(16)17-8-11/h2-9H,1H3,(H,18,19). The molecule has 1 unspecified atom stereocenters. The molecular formula is C14H12F2N2O. The molecule has 2 rings (SSSR count). The topological polar surface area (TPSA) is 42.0 Å². The van der Waals surface area contributed by atoms with E-state index in [4.69, 9.17) is 0 Å². The Hall–Kier alpha value is -2.30. The minimum atomic E-state index is -0.636. The number of nitrogens with zero attached hydrogens (tertiary/aromatic N) is 1. The normalized spacial score (nSPS) is 11.9. The Morgan fingerprint density at radius 2 is 1.84 bits per heavy atom. The number of amides is 1. The van der Waals surface area contributed by atoms with E-state index < -0.39 is 5.95 Å². The van der Waals surface area contributed by atoms with Crippen molar-refractivity contribution in [1.82, 2.24) is 10.3 Å². The van der Waals surface area contributed by atoms with Crippen molar-refractivity contribution in [2.45, 2.75) is 13.0 Å². The van der Waals surface area contributed by atoms with E-state index in [9.17, 15) is 13.6 Å². The van der Waals surface area contributed by atoms with Crippen LogP contribution in [0.5, 0.6) is 0 Å². The summed E-state index contributed by atoms with van der Waals surface area (Å²) < 4.78 is 25.4. The number of carbonyl (C=O) groups excluding carboxylic acids is 1. The van der Waals surface area contributed by atoms with Crippen molar-refractivity contribution in [1.29, 1.82) is 0 Å². The predicted octanol–water partition coefficient (Wildman–Crippen LogP) is 2.85. The second-order valence-corrected chi connectivity index (χ2v) is 4.12. The average Bonchev–Trinajstić information content (AvgIpc) is 2.40. The molecule has 1 aromatic carbocycles. The van der Waals surface area contributed by atoms with E-state index in [1.54, 1.807) is 19.1 Å². The third-order valence-corrected chi connectivity index (χ3v) is 2.71. The lowest BCUT2D eigenvalue weighted by atomic mass is 10.1. The van der Waals surface area contributed by atoms with Gasteiger partial charge in [-0.05, 0) is 36.8 Å². The van der Waals surface area contributed by atoms with Gasteiger partial charge in [-0.1, -0.05) is 12.1 Å². The molecule has 1 amide bonds. The zero-order valence-corrected chi connectivity index (χ0v) is 10.2. The number of rotatable bonds is 3. The van der Waals surface area contributed by atoms with Crippen LogP contribution in [-0.2, 0) is 0 Å². The smallest absolute Gasteiger partial charge is 0.253 e. The molecule has 1 N–H and O–H groups in total. The van der Waals surface area contributed by atoms with Crippen molar-refractivity contribution >= 4 is 5.91 Å². The first kappa shape index (κ1) is 13.1. The molecule has 2 aromatic rings. The van der Waals surface area contributed by atoms with E-state index in [1.807, 2.05) is 0 Å². The minimum Gasteiger partial charge on any atom is -0.345 e. The van der Waals surface area contributed by atoms with Crippen molar-refractivity contribution in [2.75, 3.05) is 0 Å². The van der Waals surface area contributed by atoms with E-state index in [1.165, 1.54) is 24.4 Å². The molecule has 5 heteroatoms. The summed E-state index contributed by atoms with van der Waals surface area (Å²) in [5, 5.41) is 2.73. The highest BCUT2D eigenvalue weighted by atomic mass is 19.1. The van der Waals surface area contributed by atoms with Crippen molar-refractivity contribution in [2.24, 2.45) is 0 Å². The van der Waals surface area contributed by atoms with Crippen LogP contribution in [0.1, 0.15) is 28.9 Å².